The van der Waals surface area contributed by atoms with Gasteiger partial charge in [-0.3, -0.25) is 9.48 Å². The van der Waals surface area contributed by atoms with Crippen LogP contribution in [0.25, 0.3) is 0 Å². The number of nitrogens with zero attached hydrogens (tertiary/aromatic N) is 5. The van der Waals surface area contributed by atoms with E-state index in [0.29, 0.717) is 12.0 Å². The lowest BCUT2D eigenvalue weighted by molar-refractivity contribution is -0.121. The molecular formula is C19H20N6O3S. The second kappa shape index (κ2) is 6.01. The van der Waals surface area contributed by atoms with Gasteiger partial charge in [0.15, 0.2) is 5.03 Å². The summed E-state index contributed by atoms with van der Waals surface area (Å²) >= 11 is 0. The molecule has 1 fully saturated rings. The van der Waals surface area contributed by atoms with Gasteiger partial charge in [-0.2, -0.15) is 9.40 Å². The minimum Gasteiger partial charge on any atom is -0.339 e. The van der Waals surface area contributed by atoms with Crippen LogP contribution in [0.1, 0.15) is 23.6 Å². The fourth-order valence-corrected chi connectivity index (χ4v) is 6.22. The van der Waals surface area contributed by atoms with Gasteiger partial charge in [-0.1, -0.05) is 18.2 Å². The van der Waals surface area contributed by atoms with Crippen molar-refractivity contribution in [3.63, 3.8) is 0 Å². The van der Waals surface area contributed by atoms with E-state index in [1.165, 1.54) is 16.8 Å². The van der Waals surface area contributed by atoms with Gasteiger partial charge in [-0.05, 0) is 18.1 Å². The molecule has 0 aliphatic carbocycles. The minimum absolute atomic E-state index is 0.0300. The predicted molar refractivity (Wildman–Crippen MR) is 104 cm³/mol. The third-order valence-electron chi connectivity index (χ3n) is 5.84. The average molecular weight is 412 g/mol. The first kappa shape index (κ1) is 18.1. The summed E-state index contributed by atoms with van der Waals surface area (Å²) in [6.45, 7) is 0.209. The number of nitrogens with one attached hydrogen (secondary N) is 1. The Morgan fingerprint density at radius 3 is 2.69 bits per heavy atom. The largest absolute Gasteiger partial charge is 0.339 e. The van der Waals surface area contributed by atoms with Crippen molar-refractivity contribution in [1.82, 2.24) is 23.6 Å². The van der Waals surface area contributed by atoms with Crippen LogP contribution in [0, 0.1) is 0 Å². The number of aromatic nitrogens is 4. The highest BCUT2D eigenvalue weighted by Gasteiger charge is 2.61. The van der Waals surface area contributed by atoms with Gasteiger partial charge in [-0.25, -0.2) is 13.4 Å². The number of anilines is 1. The number of rotatable bonds is 3. The first-order chi connectivity index (χ1) is 13.8. The zero-order valence-electron chi connectivity index (χ0n) is 16.0. The minimum atomic E-state index is -3.91. The first-order valence-electron chi connectivity index (χ1n) is 9.23. The van der Waals surface area contributed by atoms with Crippen LogP contribution in [0.3, 0.4) is 0 Å². The van der Waals surface area contributed by atoms with Crippen molar-refractivity contribution in [2.45, 2.75) is 22.9 Å². The van der Waals surface area contributed by atoms with Gasteiger partial charge in [-0.15, -0.1) is 0 Å². The maximum atomic E-state index is 13.5. The molecule has 1 aromatic carbocycles. The smallest absolute Gasteiger partial charge is 0.262 e. The fraction of sp³-hybridized carbons (Fsp3) is 0.316. The zero-order chi connectivity index (χ0) is 20.4. The summed E-state index contributed by atoms with van der Waals surface area (Å²) in [5.74, 6) is -0.189. The number of para-hydroxylation sites is 1. The summed E-state index contributed by atoms with van der Waals surface area (Å²) in [6, 6.07) is 6.75. The highest BCUT2D eigenvalue weighted by molar-refractivity contribution is 7.89. The van der Waals surface area contributed by atoms with Crippen LogP contribution in [0.4, 0.5) is 5.69 Å². The van der Waals surface area contributed by atoms with E-state index < -0.39 is 21.5 Å². The quantitative estimate of drug-likeness (QED) is 0.696. The van der Waals surface area contributed by atoms with Crippen molar-refractivity contribution < 1.29 is 13.2 Å². The maximum Gasteiger partial charge on any atom is 0.262 e. The molecule has 150 valence electrons. The molecule has 5 rings (SSSR count). The molecule has 1 spiro atoms. The Hall–Kier alpha value is -2.98. The van der Waals surface area contributed by atoms with Gasteiger partial charge in [0.2, 0.25) is 5.91 Å². The number of amides is 1. The van der Waals surface area contributed by atoms with Gasteiger partial charge in [0.05, 0.1) is 24.0 Å². The molecule has 0 unspecified atom stereocenters. The highest BCUT2D eigenvalue weighted by Crippen LogP contribution is 2.55. The molecule has 3 aromatic rings. The number of aryl methyl sites for hydroxylation is 2. The summed E-state index contributed by atoms with van der Waals surface area (Å²) in [7, 11) is -0.423. The van der Waals surface area contributed by atoms with Crippen LogP contribution in [0.5, 0.6) is 0 Å². The van der Waals surface area contributed by atoms with Crippen LogP contribution in [-0.4, -0.2) is 44.5 Å². The van der Waals surface area contributed by atoms with E-state index in [9.17, 15) is 13.2 Å². The normalized spacial score (nSPS) is 24.2. The molecule has 9 nitrogen and oxygen atoms in total. The second-order valence-electron chi connectivity index (χ2n) is 7.56. The molecule has 2 aromatic heterocycles. The van der Waals surface area contributed by atoms with Crippen molar-refractivity contribution >= 4 is 21.6 Å². The van der Waals surface area contributed by atoms with Crippen LogP contribution >= 0.6 is 0 Å². The summed E-state index contributed by atoms with van der Waals surface area (Å²) in [5.41, 5.74) is 1.21. The Morgan fingerprint density at radius 1 is 1.21 bits per heavy atom. The fourth-order valence-electron chi connectivity index (χ4n) is 4.59. The van der Waals surface area contributed by atoms with E-state index in [2.05, 4.69) is 15.4 Å². The van der Waals surface area contributed by atoms with Crippen molar-refractivity contribution in [2.75, 3.05) is 11.9 Å². The number of fused-ring (bicyclic) bond motifs is 2. The molecule has 29 heavy (non-hydrogen) atoms. The lowest BCUT2D eigenvalue weighted by Gasteiger charge is -2.32. The van der Waals surface area contributed by atoms with Gasteiger partial charge in [0.1, 0.15) is 0 Å². The third-order valence-corrected chi connectivity index (χ3v) is 7.59. The van der Waals surface area contributed by atoms with Gasteiger partial charge < -0.3 is 9.88 Å². The van der Waals surface area contributed by atoms with E-state index in [1.807, 2.05) is 24.3 Å². The lowest BCUT2D eigenvalue weighted by Crippen LogP contribution is -2.42. The number of imidazole rings is 1. The van der Waals surface area contributed by atoms with Crippen molar-refractivity contribution in [3.8, 4) is 0 Å². The lowest BCUT2D eigenvalue weighted by atomic mass is 9.73. The predicted octanol–water partition coefficient (Wildman–Crippen LogP) is 1.18. The number of benzene rings is 1. The molecule has 1 amide bonds. The molecule has 1 N–H and O–H groups in total. The molecule has 0 radical (unpaired) electrons. The van der Waals surface area contributed by atoms with Crippen LogP contribution in [-0.2, 0) is 34.3 Å². The Morgan fingerprint density at radius 2 is 2.00 bits per heavy atom. The summed E-state index contributed by atoms with van der Waals surface area (Å²) in [5, 5.41) is 7.15. The molecule has 0 saturated carbocycles. The first-order valence-corrected chi connectivity index (χ1v) is 10.7. The van der Waals surface area contributed by atoms with E-state index in [0.717, 1.165) is 11.3 Å². The summed E-state index contributed by atoms with van der Waals surface area (Å²) < 4.78 is 31.6. The van der Waals surface area contributed by atoms with Crippen LogP contribution in [0.2, 0.25) is 0 Å². The van der Waals surface area contributed by atoms with Crippen LogP contribution in [0.15, 0.2) is 54.2 Å². The molecular weight excluding hydrogens is 392 g/mol. The van der Waals surface area contributed by atoms with Gasteiger partial charge in [0, 0.05) is 44.3 Å². The van der Waals surface area contributed by atoms with Gasteiger partial charge >= 0.3 is 0 Å². The Bertz CT molecular complexity index is 1230. The average Bonchev–Trinajstić information content (AvgIpc) is 3.44. The molecule has 2 aliphatic heterocycles. The SMILES string of the molecule is Cn1cnc(S(=O)(=O)N2CC[C@]3(C(=O)Nc4ccccc43)[C@@H]2c2cnn(C)c2)c1. The molecule has 1 saturated heterocycles. The highest BCUT2D eigenvalue weighted by atomic mass is 32.2. The van der Waals surface area contributed by atoms with Crippen molar-refractivity contribution in [2.24, 2.45) is 14.1 Å². The topological polar surface area (TPSA) is 102 Å². The Balaban J connectivity index is 1.72. The number of hydrogen-bond acceptors (Lipinski definition) is 5. The standard InChI is InChI=1S/C19H20N6O3S/c1-23-11-16(20-12-23)29(27,28)25-8-7-19(17(25)13-9-21-24(2)10-13)14-5-3-4-6-15(14)22-18(19)26/h3-6,9-12,17H,7-8H2,1-2H3,(H,22,26)/t17-,19+/m0/s1. The monoisotopic (exact) mass is 412 g/mol. The number of hydrogen-bond donors (Lipinski definition) is 1. The van der Waals surface area contributed by atoms with E-state index in [1.54, 1.807) is 35.7 Å². The Kier molecular flexibility index (Phi) is 3.74. The summed E-state index contributed by atoms with van der Waals surface area (Å²) in [6.07, 6.45) is 6.71. The molecule has 10 heteroatoms. The number of carbonyl (C=O) groups is 1. The third kappa shape index (κ3) is 2.42. The molecule has 2 aliphatic rings. The van der Waals surface area contributed by atoms with E-state index >= 15 is 0 Å². The second-order valence-corrected chi connectivity index (χ2v) is 9.40. The molecule has 0 bridgehead atoms. The Labute approximate surface area is 168 Å². The number of carbonyl (C=O) groups excluding carboxylic acids is 1. The van der Waals surface area contributed by atoms with Crippen LogP contribution < -0.4 is 5.32 Å². The van der Waals surface area contributed by atoms with E-state index in [4.69, 9.17) is 0 Å². The number of sulfonamides is 1. The summed E-state index contributed by atoms with van der Waals surface area (Å²) in [4.78, 5) is 17.3. The van der Waals surface area contributed by atoms with Crippen molar-refractivity contribution in [1.29, 1.82) is 0 Å². The maximum absolute atomic E-state index is 13.5. The van der Waals surface area contributed by atoms with Crippen molar-refractivity contribution in [3.05, 3.63) is 60.3 Å². The molecule has 2 atom stereocenters. The van der Waals surface area contributed by atoms with Gasteiger partial charge in [0.25, 0.3) is 10.0 Å². The zero-order valence-corrected chi connectivity index (χ0v) is 16.8. The van der Waals surface area contributed by atoms with E-state index in [-0.39, 0.29) is 17.5 Å². The molecule has 4 heterocycles.